The van der Waals surface area contributed by atoms with Crippen molar-refractivity contribution in [2.45, 2.75) is 25.3 Å². The first-order valence-corrected chi connectivity index (χ1v) is 7.45. The Morgan fingerprint density at radius 1 is 1.14 bits per heavy atom. The normalized spacial score (nSPS) is 20.2. The summed E-state index contributed by atoms with van der Waals surface area (Å²) in [5.74, 6) is 0.717. The van der Waals surface area contributed by atoms with Crippen LogP contribution < -0.4 is 5.32 Å². The Bertz CT molecular complexity index is 474. The van der Waals surface area contributed by atoms with Crippen molar-refractivity contribution >= 4 is 30.5 Å². The summed E-state index contributed by atoms with van der Waals surface area (Å²) in [4.78, 5) is 13.0. The fourth-order valence-corrected chi connectivity index (χ4v) is 3.29. The Morgan fingerprint density at radius 2 is 1.73 bits per heavy atom. The van der Waals surface area contributed by atoms with E-state index in [1.54, 1.807) is 12.1 Å². The van der Waals surface area contributed by atoms with Gasteiger partial charge in [0.15, 0.2) is 0 Å². The highest BCUT2D eigenvalue weighted by molar-refractivity contribution is 5.85. The average Bonchev–Trinajstić information content (AvgIpc) is 2.44. The smallest absolute Gasteiger partial charge is 0.269 e. The molecule has 1 aromatic rings. The second-order valence-electron chi connectivity index (χ2n) is 5.77. The van der Waals surface area contributed by atoms with E-state index in [0.29, 0.717) is 6.04 Å². The van der Waals surface area contributed by atoms with Crippen LogP contribution in [0.4, 0.5) is 5.69 Å². The number of piperazine rings is 1. The molecule has 22 heavy (non-hydrogen) atoms. The fourth-order valence-electron chi connectivity index (χ4n) is 3.29. The second kappa shape index (κ2) is 8.67. The van der Waals surface area contributed by atoms with Crippen molar-refractivity contribution in [1.82, 2.24) is 10.2 Å². The quantitative estimate of drug-likeness (QED) is 0.671. The summed E-state index contributed by atoms with van der Waals surface area (Å²) in [6.07, 6.45) is 3.89. The molecule has 0 bridgehead atoms. The lowest BCUT2D eigenvalue weighted by molar-refractivity contribution is -0.384. The van der Waals surface area contributed by atoms with Gasteiger partial charge in [0, 0.05) is 44.4 Å². The third kappa shape index (κ3) is 4.10. The van der Waals surface area contributed by atoms with Gasteiger partial charge in [0.25, 0.3) is 5.69 Å². The highest BCUT2D eigenvalue weighted by Crippen LogP contribution is 2.41. The molecule has 0 unspecified atom stereocenters. The predicted molar refractivity (Wildman–Crippen MR) is 92.1 cm³/mol. The summed E-state index contributed by atoms with van der Waals surface area (Å²) in [5, 5.41) is 14.2. The molecular formula is C15H23Cl2N3O2. The number of rotatable bonds is 4. The number of hydrogen-bond donors (Lipinski definition) is 1. The minimum Gasteiger partial charge on any atom is -0.314 e. The van der Waals surface area contributed by atoms with E-state index in [0.717, 1.165) is 32.1 Å². The maximum absolute atomic E-state index is 10.8. The summed E-state index contributed by atoms with van der Waals surface area (Å²) < 4.78 is 0. The first-order chi connectivity index (χ1) is 9.75. The maximum atomic E-state index is 10.8. The van der Waals surface area contributed by atoms with Crippen LogP contribution in [-0.4, -0.2) is 36.0 Å². The van der Waals surface area contributed by atoms with Gasteiger partial charge in [0.05, 0.1) is 4.92 Å². The van der Waals surface area contributed by atoms with Crippen LogP contribution in [0.25, 0.3) is 0 Å². The molecule has 1 N–H and O–H groups in total. The topological polar surface area (TPSA) is 58.4 Å². The van der Waals surface area contributed by atoms with Gasteiger partial charge >= 0.3 is 0 Å². The summed E-state index contributed by atoms with van der Waals surface area (Å²) >= 11 is 0. The number of nitro groups is 1. The molecule has 124 valence electrons. The number of nitro benzene ring substituents is 1. The van der Waals surface area contributed by atoms with Crippen LogP contribution in [0.2, 0.25) is 0 Å². The van der Waals surface area contributed by atoms with E-state index in [1.807, 2.05) is 12.1 Å². The number of hydrogen-bond acceptors (Lipinski definition) is 4. The third-order valence-electron chi connectivity index (χ3n) is 4.59. The van der Waals surface area contributed by atoms with Crippen LogP contribution in [0.5, 0.6) is 0 Å². The maximum Gasteiger partial charge on any atom is 0.269 e. The fraction of sp³-hybridized carbons (Fsp3) is 0.600. The molecule has 3 rings (SSSR count). The highest BCUT2D eigenvalue weighted by atomic mass is 35.5. The molecule has 2 aliphatic rings. The van der Waals surface area contributed by atoms with Crippen molar-refractivity contribution < 1.29 is 4.92 Å². The molecule has 2 fully saturated rings. The Kier molecular flexibility index (Phi) is 7.56. The highest BCUT2D eigenvalue weighted by Gasteiger charge is 2.33. The molecule has 1 atom stereocenters. The van der Waals surface area contributed by atoms with E-state index in [4.69, 9.17) is 0 Å². The molecular weight excluding hydrogens is 325 g/mol. The van der Waals surface area contributed by atoms with Crippen LogP contribution in [0.1, 0.15) is 30.9 Å². The zero-order valence-electron chi connectivity index (χ0n) is 12.4. The van der Waals surface area contributed by atoms with E-state index >= 15 is 0 Å². The first kappa shape index (κ1) is 19.2. The van der Waals surface area contributed by atoms with E-state index in [1.165, 1.54) is 24.8 Å². The molecule has 1 heterocycles. The average molecular weight is 348 g/mol. The van der Waals surface area contributed by atoms with Gasteiger partial charge in [-0.3, -0.25) is 15.0 Å². The van der Waals surface area contributed by atoms with Crippen LogP contribution in [0.15, 0.2) is 24.3 Å². The van der Waals surface area contributed by atoms with Gasteiger partial charge < -0.3 is 5.32 Å². The Morgan fingerprint density at radius 3 is 2.18 bits per heavy atom. The zero-order valence-corrected chi connectivity index (χ0v) is 14.1. The Balaban J connectivity index is 0.00000121. The summed E-state index contributed by atoms with van der Waals surface area (Å²) in [5.41, 5.74) is 1.42. The van der Waals surface area contributed by atoms with Crippen molar-refractivity contribution in [1.29, 1.82) is 0 Å². The molecule has 1 aromatic carbocycles. The lowest BCUT2D eigenvalue weighted by Crippen LogP contribution is -2.47. The molecule has 7 heteroatoms. The van der Waals surface area contributed by atoms with Gasteiger partial charge in [-0.15, -0.1) is 24.8 Å². The van der Waals surface area contributed by atoms with Crippen LogP contribution in [0, 0.1) is 16.0 Å². The molecule has 1 aliphatic heterocycles. The SMILES string of the molecule is Cl.Cl.O=[N+]([O-])c1ccc([C@H](C2CCC2)N2CCNCC2)cc1. The predicted octanol–water partition coefficient (Wildman–Crippen LogP) is 3.18. The standard InChI is InChI=1S/C15H21N3O2.2ClH/c19-18(20)14-6-4-13(5-7-14)15(12-2-1-3-12)17-10-8-16-9-11-17;;/h4-7,12,15-16H,1-3,8-11H2;2*1H/t15-;;/m0../s1. The second-order valence-corrected chi connectivity index (χ2v) is 5.77. The lowest BCUT2D eigenvalue weighted by atomic mass is 9.76. The molecule has 0 aromatic heterocycles. The van der Waals surface area contributed by atoms with Crippen LogP contribution in [0.3, 0.4) is 0 Å². The van der Waals surface area contributed by atoms with Crippen molar-refractivity contribution in [3.05, 3.63) is 39.9 Å². The molecule has 1 saturated carbocycles. The zero-order chi connectivity index (χ0) is 13.9. The monoisotopic (exact) mass is 347 g/mol. The van der Waals surface area contributed by atoms with Crippen molar-refractivity contribution in [3.63, 3.8) is 0 Å². The van der Waals surface area contributed by atoms with E-state index in [2.05, 4.69) is 10.2 Å². The summed E-state index contributed by atoms with van der Waals surface area (Å²) in [7, 11) is 0. The number of benzene rings is 1. The third-order valence-corrected chi connectivity index (χ3v) is 4.59. The van der Waals surface area contributed by atoms with Gasteiger partial charge in [-0.2, -0.15) is 0 Å². The van der Waals surface area contributed by atoms with Crippen LogP contribution >= 0.6 is 24.8 Å². The van der Waals surface area contributed by atoms with Gasteiger partial charge in [-0.25, -0.2) is 0 Å². The summed E-state index contributed by atoms with van der Waals surface area (Å²) in [6.45, 7) is 4.21. The Labute approximate surface area is 143 Å². The molecule has 5 nitrogen and oxygen atoms in total. The van der Waals surface area contributed by atoms with E-state index in [-0.39, 0.29) is 35.4 Å². The molecule has 0 amide bonds. The largest absolute Gasteiger partial charge is 0.314 e. The van der Waals surface area contributed by atoms with Gasteiger partial charge in [-0.1, -0.05) is 18.6 Å². The molecule has 1 saturated heterocycles. The van der Waals surface area contributed by atoms with Crippen LogP contribution in [-0.2, 0) is 0 Å². The molecule has 0 radical (unpaired) electrons. The lowest BCUT2D eigenvalue weighted by Gasteiger charge is -2.43. The molecule has 1 aliphatic carbocycles. The molecule has 0 spiro atoms. The minimum absolute atomic E-state index is 0. The van der Waals surface area contributed by atoms with Gasteiger partial charge in [0.1, 0.15) is 0 Å². The number of nitrogens with zero attached hydrogens (tertiary/aromatic N) is 2. The van der Waals surface area contributed by atoms with Crippen molar-refractivity contribution in [3.8, 4) is 0 Å². The van der Waals surface area contributed by atoms with E-state index < -0.39 is 0 Å². The minimum atomic E-state index is -0.326. The van der Waals surface area contributed by atoms with E-state index in [9.17, 15) is 10.1 Å². The number of nitrogens with one attached hydrogen (secondary N) is 1. The van der Waals surface area contributed by atoms with Gasteiger partial charge in [0.2, 0.25) is 0 Å². The van der Waals surface area contributed by atoms with Crippen molar-refractivity contribution in [2.75, 3.05) is 26.2 Å². The number of halogens is 2. The number of non-ortho nitro benzene ring substituents is 1. The summed E-state index contributed by atoms with van der Waals surface area (Å²) in [6, 6.07) is 7.62. The van der Waals surface area contributed by atoms with Crippen molar-refractivity contribution in [2.24, 2.45) is 5.92 Å². The Hall–Kier alpha value is -0.880. The first-order valence-electron chi connectivity index (χ1n) is 7.45. The van der Waals surface area contributed by atoms with Gasteiger partial charge in [-0.05, 0) is 24.3 Å².